The SMILES string of the molecule is CSC(C)CCNC1c2ccccc2Oc2ccccc21. The molecule has 0 saturated heterocycles. The molecule has 1 unspecified atom stereocenters. The van der Waals surface area contributed by atoms with Crippen LogP contribution >= 0.6 is 11.8 Å². The zero-order valence-electron chi connectivity index (χ0n) is 12.5. The highest BCUT2D eigenvalue weighted by Gasteiger charge is 2.26. The molecule has 3 rings (SSSR count). The Balaban J connectivity index is 1.84. The van der Waals surface area contributed by atoms with Gasteiger partial charge < -0.3 is 10.1 Å². The predicted molar refractivity (Wildman–Crippen MR) is 90.4 cm³/mol. The summed E-state index contributed by atoms with van der Waals surface area (Å²) >= 11 is 1.92. The number of hydrogen-bond acceptors (Lipinski definition) is 3. The molecule has 2 nitrogen and oxygen atoms in total. The third-order valence-electron chi connectivity index (χ3n) is 3.98. The Morgan fingerprint density at radius 3 is 2.19 bits per heavy atom. The van der Waals surface area contributed by atoms with Crippen molar-refractivity contribution >= 4 is 11.8 Å². The number of rotatable bonds is 5. The summed E-state index contributed by atoms with van der Waals surface area (Å²) in [6.45, 7) is 3.29. The third kappa shape index (κ3) is 3.09. The molecule has 0 saturated carbocycles. The topological polar surface area (TPSA) is 21.3 Å². The summed E-state index contributed by atoms with van der Waals surface area (Å²) < 4.78 is 6.01. The van der Waals surface area contributed by atoms with Gasteiger partial charge in [0.25, 0.3) is 0 Å². The summed E-state index contributed by atoms with van der Waals surface area (Å²) in [5.41, 5.74) is 2.46. The minimum atomic E-state index is 0.222. The highest BCUT2D eigenvalue weighted by Crippen LogP contribution is 2.42. The molecule has 2 aromatic carbocycles. The summed E-state index contributed by atoms with van der Waals surface area (Å²) in [6, 6.07) is 16.8. The van der Waals surface area contributed by atoms with Crippen LogP contribution in [0.3, 0.4) is 0 Å². The molecule has 110 valence electrons. The van der Waals surface area contributed by atoms with E-state index in [4.69, 9.17) is 4.74 Å². The van der Waals surface area contributed by atoms with Crippen LogP contribution < -0.4 is 10.1 Å². The van der Waals surface area contributed by atoms with E-state index in [9.17, 15) is 0 Å². The van der Waals surface area contributed by atoms with Crippen LogP contribution in [-0.2, 0) is 0 Å². The van der Waals surface area contributed by atoms with Gasteiger partial charge >= 0.3 is 0 Å². The van der Waals surface area contributed by atoms with Gasteiger partial charge in [0.1, 0.15) is 11.5 Å². The van der Waals surface area contributed by atoms with E-state index in [0.717, 1.165) is 18.0 Å². The smallest absolute Gasteiger partial charge is 0.132 e. The van der Waals surface area contributed by atoms with Crippen LogP contribution in [0.1, 0.15) is 30.5 Å². The molecular weight excluding hydrogens is 278 g/mol. The van der Waals surface area contributed by atoms with E-state index in [0.29, 0.717) is 5.25 Å². The van der Waals surface area contributed by atoms with Crippen LogP contribution in [0.5, 0.6) is 11.5 Å². The maximum atomic E-state index is 6.01. The van der Waals surface area contributed by atoms with Crippen LogP contribution in [0.2, 0.25) is 0 Å². The molecule has 0 spiro atoms. The van der Waals surface area contributed by atoms with Crippen LogP contribution in [0.25, 0.3) is 0 Å². The van der Waals surface area contributed by atoms with Crippen molar-refractivity contribution in [1.29, 1.82) is 0 Å². The highest BCUT2D eigenvalue weighted by atomic mass is 32.2. The fourth-order valence-corrected chi connectivity index (χ4v) is 3.03. The van der Waals surface area contributed by atoms with Gasteiger partial charge in [0.05, 0.1) is 6.04 Å². The number of para-hydroxylation sites is 2. The van der Waals surface area contributed by atoms with Crippen molar-refractivity contribution in [3.63, 3.8) is 0 Å². The first-order valence-electron chi connectivity index (χ1n) is 7.41. The average molecular weight is 299 g/mol. The molecule has 1 atom stereocenters. The molecule has 1 N–H and O–H groups in total. The molecule has 0 bridgehead atoms. The predicted octanol–water partition coefficient (Wildman–Crippen LogP) is 4.61. The number of hydrogen-bond donors (Lipinski definition) is 1. The maximum Gasteiger partial charge on any atom is 0.132 e. The summed E-state index contributed by atoms with van der Waals surface area (Å²) in [6.07, 6.45) is 3.34. The van der Waals surface area contributed by atoms with Crippen LogP contribution in [-0.4, -0.2) is 18.1 Å². The van der Waals surface area contributed by atoms with E-state index in [-0.39, 0.29) is 6.04 Å². The zero-order chi connectivity index (χ0) is 14.7. The largest absolute Gasteiger partial charge is 0.457 e. The molecule has 0 amide bonds. The standard InChI is InChI=1S/C18H21NOS/c1-13(21-2)11-12-19-18-14-7-3-5-9-16(14)20-17-10-6-4-8-15(17)18/h3-10,13,18-19H,11-12H2,1-2H3. The average Bonchev–Trinajstić information content (AvgIpc) is 2.54. The van der Waals surface area contributed by atoms with Gasteiger partial charge in [0.15, 0.2) is 0 Å². The third-order valence-corrected chi connectivity index (χ3v) is 5.02. The Morgan fingerprint density at radius 1 is 1.05 bits per heavy atom. The van der Waals surface area contributed by atoms with E-state index >= 15 is 0 Å². The van der Waals surface area contributed by atoms with Gasteiger partial charge in [-0.3, -0.25) is 0 Å². The van der Waals surface area contributed by atoms with E-state index in [1.807, 2.05) is 36.0 Å². The lowest BCUT2D eigenvalue weighted by Gasteiger charge is -2.29. The van der Waals surface area contributed by atoms with E-state index in [2.05, 4.69) is 42.8 Å². The monoisotopic (exact) mass is 299 g/mol. The lowest BCUT2D eigenvalue weighted by atomic mass is 9.94. The van der Waals surface area contributed by atoms with Gasteiger partial charge in [0, 0.05) is 16.4 Å². The first-order valence-corrected chi connectivity index (χ1v) is 8.70. The maximum absolute atomic E-state index is 6.01. The molecule has 1 heterocycles. The Bertz CT molecular complexity index is 568. The minimum absolute atomic E-state index is 0.222. The second-order valence-corrected chi connectivity index (χ2v) is 6.68. The molecule has 21 heavy (non-hydrogen) atoms. The van der Waals surface area contributed by atoms with E-state index in [1.54, 1.807) is 0 Å². The van der Waals surface area contributed by atoms with Gasteiger partial charge in [-0.25, -0.2) is 0 Å². The van der Waals surface area contributed by atoms with Gasteiger partial charge in [-0.1, -0.05) is 43.3 Å². The number of thioether (sulfide) groups is 1. The first-order chi connectivity index (χ1) is 10.3. The van der Waals surface area contributed by atoms with E-state index in [1.165, 1.54) is 17.5 Å². The van der Waals surface area contributed by atoms with Crippen molar-refractivity contribution in [2.45, 2.75) is 24.6 Å². The van der Waals surface area contributed by atoms with Crippen LogP contribution in [0.4, 0.5) is 0 Å². The molecule has 3 heteroatoms. The van der Waals surface area contributed by atoms with Crippen molar-refractivity contribution in [3.8, 4) is 11.5 Å². The molecule has 0 fully saturated rings. The summed E-state index contributed by atoms with van der Waals surface area (Å²) in [5.74, 6) is 1.93. The second kappa shape index (κ2) is 6.54. The first kappa shape index (κ1) is 14.5. The highest BCUT2D eigenvalue weighted by molar-refractivity contribution is 7.99. The Labute approximate surface area is 130 Å². The summed E-state index contributed by atoms with van der Waals surface area (Å²) in [7, 11) is 0. The lowest BCUT2D eigenvalue weighted by Crippen LogP contribution is -2.27. The van der Waals surface area contributed by atoms with Crippen molar-refractivity contribution in [2.75, 3.05) is 12.8 Å². The van der Waals surface area contributed by atoms with Gasteiger partial charge in [-0.15, -0.1) is 0 Å². The zero-order valence-corrected chi connectivity index (χ0v) is 13.3. The van der Waals surface area contributed by atoms with Crippen LogP contribution in [0, 0.1) is 0 Å². The summed E-state index contributed by atoms with van der Waals surface area (Å²) in [5, 5.41) is 4.39. The molecular formula is C18H21NOS. The van der Waals surface area contributed by atoms with Gasteiger partial charge in [0.2, 0.25) is 0 Å². The molecule has 2 aromatic rings. The van der Waals surface area contributed by atoms with Gasteiger partial charge in [-0.2, -0.15) is 11.8 Å². The fraction of sp³-hybridized carbons (Fsp3) is 0.333. The number of benzene rings is 2. The van der Waals surface area contributed by atoms with Crippen molar-refractivity contribution in [2.24, 2.45) is 0 Å². The lowest BCUT2D eigenvalue weighted by molar-refractivity contribution is 0.427. The minimum Gasteiger partial charge on any atom is -0.457 e. The molecule has 1 aliphatic rings. The molecule has 0 aliphatic carbocycles. The Morgan fingerprint density at radius 2 is 1.62 bits per heavy atom. The van der Waals surface area contributed by atoms with Crippen molar-refractivity contribution in [1.82, 2.24) is 5.32 Å². The molecule has 0 aromatic heterocycles. The van der Waals surface area contributed by atoms with Gasteiger partial charge in [-0.05, 0) is 31.4 Å². The normalized spacial score (nSPS) is 15.0. The second-order valence-electron chi connectivity index (χ2n) is 5.40. The number of ether oxygens (including phenoxy) is 1. The Hall–Kier alpha value is -1.45. The number of fused-ring (bicyclic) bond motifs is 2. The quantitative estimate of drug-likeness (QED) is 0.871. The molecule has 0 radical (unpaired) electrons. The van der Waals surface area contributed by atoms with Crippen LogP contribution in [0.15, 0.2) is 48.5 Å². The number of nitrogens with one attached hydrogen (secondary N) is 1. The van der Waals surface area contributed by atoms with Crippen molar-refractivity contribution in [3.05, 3.63) is 59.7 Å². The Kier molecular flexibility index (Phi) is 4.51. The molecule has 1 aliphatic heterocycles. The van der Waals surface area contributed by atoms with E-state index < -0.39 is 0 Å². The summed E-state index contributed by atoms with van der Waals surface area (Å²) in [4.78, 5) is 0. The fourth-order valence-electron chi connectivity index (χ4n) is 2.68. The van der Waals surface area contributed by atoms with Crippen molar-refractivity contribution < 1.29 is 4.74 Å².